The highest BCUT2D eigenvalue weighted by molar-refractivity contribution is 6.12. The van der Waals surface area contributed by atoms with Crippen LogP contribution in [0.15, 0.2) is 303 Å². The molecule has 3 aromatic heterocycles. The number of hydrogen-bond acceptors (Lipinski definition) is 1. The highest BCUT2D eigenvalue weighted by atomic mass is 15.1. The van der Waals surface area contributed by atoms with Gasteiger partial charge in [0.15, 0.2) is 0 Å². The molecule has 0 radical (unpaired) electrons. The van der Waals surface area contributed by atoms with E-state index in [1.807, 2.05) is 0 Å². The van der Waals surface area contributed by atoms with E-state index in [0.717, 1.165) is 45.3 Å². The quantitative estimate of drug-likeness (QED) is 0.141. The van der Waals surface area contributed by atoms with Crippen LogP contribution in [0.5, 0.6) is 0 Å². The molecule has 0 saturated carbocycles. The van der Waals surface area contributed by atoms with Crippen LogP contribution in [0.2, 0.25) is 0 Å². The molecular weight excluding hydrogens is 1030 g/mol. The standard InChI is InChI=1S/C81H56N4/c1-81(2)73-49-56(58-37-47-72-70-24-12-16-28-78(70)85(80(72)51-58)60-19-7-4-8-20-60)35-45-65(73)66-48-44-64(52-74(66)81)82(61-38-29-53(30-39-61)54-31-42-63(43-32-54)83-75-25-13-9-21-67(75)68-22-10-14-26-76(68)83)62-40-33-55(34-41-62)57-36-46-71-69-23-11-15-27-77(69)84(79(71)50-57)59-17-5-3-6-18-59/h3-52H,1-2H3. The molecule has 0 spiro atoms. The van der Waals surface area contributed by atoms with E-state index in [9.17, 15) is 0 Å². The lowest BCUT2D eigenvalue weighted by Crippen LogP contribution is -2.16. The zero-order chi connectivity index (χ0) is 56.3. The lowest BCUT2D eigenvalue weighted by atomic mass is 9.81. The van der Waals surface area contributed by atoms with Crippen LogP contribution in [0.25, 0.3) is 127 Å². The summed E-state index contributed by atoms with van der Waals surface area (Å²) in [6.07, 6.45) is 0. The topological polar surface area (TPSA) is 18.0 Å². The third-order valence-electron chi connectivity index (χ3n) is 18.3. The summed E-state index contributed by atoms with van der Waals surface area (Å²) in [7, 11) is 0. The molecule has 0 fully saturated rings. The van der Waals surface area contributed by atoms with Crippen molar-refractivity contribution in [2.75, 3.05) is 4.90 Å². The number of benzene rings is 13. The molecule has 0 atom stereocenters. The first-order valence-electron chi connectivity index (χ1n) is 29.5. The second-order valence-corrected chi connectivity index (χ2v) is 23.3. The second-order valence-electron chi connectivity index (χ2n) is 23.3. The van der Waals surface area contributed by atoms with Crippen LogP contribution in [-0.2, 0) is 5.41 Å². The average Bonchev–Trinajstić information content (AvgIpc) is 1.92. The third-order valence-corrected chi connectivity index (χ3v) is 18.3. The van der Waals surface area contributed by atoms with E-state index >= 15 is 0 Å². The van der Waals surface area contributed by atoms with Gasteiger partial charge in [0.2, 0.25) is 0 Å². The Labute approximate surface area is 493 Å². The predicted molar refractivity (Wildman–Crippen MR) is 358 cm³/mol. The molecular formula is C81H56N4. The zero-order valence-corrected chi connectivity index (χ0v) is 47.2. The maximum Gasteiger partial charge on any atom is 0.0547 e. The molecule has 0 N–H and O–H groups in total. The van der Waals surface area contributed by atoms with E-state index in [2.05, 4.69) is 336 Å². The molecule has 1 aliphatic rings. The molecule has 400 valence electrons. The fourth-order valence-electron chi connectivity index (χ4n) is 14.1. The first kappa shape index (κ1) is 48.7. The van der Waals surface area contributed by atoms with Crippen molar-refractivity contribution in [3.05, 3.63) is 314 Å². The zero-order valence-electron chi connectivity index (χ0n) is 47.2. The van der Waals surface area contributed by atoms with Gasteiger partial charge in [-0.05, 0) is 171 Å². The van der Waals surface area contributed by atoms with Crippen molar-refractivity contribution in [1.29, 1.82) is 0 Å². The van der Waals surface area contributed by atoms with Crippen LogP contribution in [0.3, 0.4) is 0 Å². The summed E-state index contributed by atoms with van der Waals surface area (Å²) >= 11 is 0. The van der Waals surface area contributed by atoms with Gasteiger partial charge in [0, 0.05) is 71.9 Å². The van der Waals surface area contributed by atoms with Gasteiger partial charge in [-0.1, -0.05) is 202 Å². The van der Waals surface area contributed by atoms with Crippen molar-refractivity contribution in [2.45, 2.75) is 19.3 Å². The summed E-state index contributed by atoms with van der Waals surface area (Å²) in [6.45, 7) is 4.80. The fraction of sp³-hybridized carbons (Fsp3) is 0.0370. The van der Waals surface area contributed by atoms with Crippen LogP contribution in [0, 0.1) is 0 Å². The molecule has 0 bridgehead atoms. The SMILES string of the molecule is CC1(C)c2cc(-c3ccc4c5ccccc5n(-c5ccccc5)c4c3)ccc2-c2ccc(N(c3ccc(-c4ccc(-n5c6ccccc6c6ccccc65)cc4)cc3)c3ccc(-c4ccc5c6ccccc6n(-c6ccccc6)c5c4)cc3)cc21. The van der Waals surface area contributed by atoms with Crippen molar-refractivity contribution >= 4 is 82.5 Å². The lowest BCUT2D eigenvalue weighted by Gasteiger charge is -2.28. The molecule has 3 heterocycles. The molecule has 4 heteroatoms. The van der Waals surface area contributed by atoms with Gasteiger partial charge in [-0.25, -0.2) is 0 Å². The first-order valence-corrected chi connectivity index (χ1v) is 29.5. The molecule has 0 aliphatic heterocycles. The average molecular weight is 1090 g/mol. The maximum absolute atomic E-state index is 2.45. The molecule has 13 aromatic carbocycles. The van der Waals surface area contributed by atoms with Crippen LogP contribution in [0.1, 0.15) is 25.0 Å². The number of para-hydroxylation sites is 6. The van der Waals surface area contributed by atoms with Gasteiger partial charge in [-0.15, -0.1) is 0 Å². The van der Waals surface area contributed by atoms with Gasteiger partial charge in [0.25, 0.3) is 0 Å². The van der Waals surface area contributed by atoms with Gasteiger partial charge in [-0.2, -0.15) is 0 Å². The van der Waals surface area contributed by atoms with Gasteiger partial charge in [0.1, 0.15) is 0 Å². The molecule has 0 amide bonds. The minimum absolute atomic E-state index is 0.272. The maximum atomic E-state index is 2.45. The summed E-state index contributed by atoms with van der Waals surface area (Å²) in [5.41, 5.74) is 26.1. The van der Waals surface area contributed by atoms with E-state index in [-0.39, 0.29) is 5.41 Å². The highest BCUT2D eigenvalue weighted by Gasteiger charge is 2.36. The van der Waals surface area contributed by atoms with Crippen molar-refractivity contribution in [2.24, 2.45) is 0 Å². The Morgan fingerprint density at radius 3 is 1.01 bits per heavy atom. The van der Waals surface area contributed by atoms with Crippen LogP contribution in [0.4, 0.5) is 17.1 Å². The van der Waals surface area contributed by atoms with Gasteiger partial charge < -0.3 is 18.6 Å². The van der Waals surface area contributed by atoms with E-state index in [0.29, 0.717) is 0 Å². The van der Waals surface area contributed by atoms with E-state index in [1.165, 1.54) is 110 Å². The van der Waals surface area contributed by atoms with Crippen molar-refractivity contribution in [3.8, 4) is 61.6 Å². The predicted octanol–water partition coefficient (Wildman–Crippen LogP) is 21.8. The van der Waals surface area contributed by atoms with Crippen LogP contribution >= 0.6 is 0 Å². The van der Waals surface area contributed by atoms with E-state index in [4.69, 9.17) is 0 Å². The first-order chi connectivity index (χ1) is 41.9. The lowest BCUT2D eigenvalue weighted by molar-refractivity contribution is 0.660. The minimum atomic E-state index is -0.272. The smallest absolute Gasteiger partial charge is 0.0547 e. The summed E-state index contributed by atoms with van der Waals surface area (Å²) in [5.74, 6) is 0. The Morgan fingerprint density at radius 1 is 0.235 bits per heavy atom. The Balaban J connectivity index is 0.746. The van der Waals surface area contributed by atoms with Crippen LogP contribution in [-0.4, -0.2) is 13.7 Å². The Kier molecular flexibility index (Phi) is 10.9. The molecule has 4 nitrogen and oxygen atoms in total. The van der Waals surface area contributed by atoms with E-state index in [1.54, 1.807) is 0 Å². The molecule has 0 saturated heterocycles. The molecule has 0 unspecified atom stereocenters. The molecule has 16 aromatic rings. The number of fused-ring (bicyclic) bond motifs is 12. The summed E-state index contributed by atoms with van der Waals surface area (Å²) in [5, 5.41) is 7.55. The third kappa shape index (κ3) is 7.69. The van der Waals surface area contributed by atoms with Gasteiger partial charge >= 0.3 is 0 Å². The van der Waals surface area contributed by atoms with Gasteiger partial charge in [-0.3, -0.25) is 0 Å². The summed E-state index contributed by atoms with van der Waals surface area (Å²) < 4.78 is 7.19. The number of nitrogens with zero attached hydrogens (tertiary/aromatic N) is 4. The minimum Gasteiger partial charge on any atom is -0.310 e. The second kappa shape index (κ2) is 19.1. The Hall–Kier alpha value is -10.9. The number of anilines is 3. The Morgan fingerprint density at radius 2 is 0.541 bits per heavy atom. The largest absolute Gasteiger partial charge is 0.310 e. The number of hydrogen-bond donors (Lipinski definition) is 0. The number of rotatable bonds is 9. The van der Waals surface area contributed by atoms with Crippen LogP contribution < -0.4 is 4.90 Å². The number of aromatic nitrogens is 3. The summed E-state index contributed by atoms with van der Waals surface area (Å²) in [4.78, 5) is 2.43. The molecule has 17 rings (SSSR count). The van der Waals surface area contributed by atoms with E-state index < -0.39 is 0 Å². The van der Waals surface area contributed by atoms with Crippen molar-refractivity contribution in [1.82, 2.24) is 13.7 Å². The Bertz CT molecular complexity index is 5240. The normalized spacial score (nSPS) is 12.7. The fourth-order valence-corrected chi connectivity index (χ4v) is 14.1. The van der Waals surface area contributed by atoms with Gasteiger partial charge in [0.05, 0.1) is 33.1 Å². The monoisotopic (exact) mass is 1080 g/mol. The molecule has 85 heavy (non-hydrogen) atoms. The summed E-state index contributed by atoms with van der Waals surface area (Å²) in [6, 6.07) is 112. The van der Waals surface area contributed by atoms with Crippen molar-refractivity contribution in [3.63, 3.8) is 0 Å². The highest BCUT2D eigenvalue weighted by Crippen LogP contribution is 2.52. The molecule has 1 aliphatic carbocycles. The van der Waals surface area contributed by atoms with Crippen molar-refractivity contribution < 1.29 is 0 Å².